The molecule has 0 fully saturated rings. The van der Waals surface area contributed by atoms with E-state index in [9.17, 15) is 31.2 Å². The molecule has 2 rings (SSSR count). The van der Waals surface area contributed by atoms with Crippen LogP contribution in [0, 0.1) is 0 Å². The lowest BCUT2D eigenvalue weighted by Crippen LogP contribution is -2.17. The van der Waals surface area contributed by atoms with E-state index < -0.39 is 33.5 Å². The maximum atomic E-state index is 12.9. The SMILES string of the molecule is CCCS(=O)(=O)c1ccc(COC(=O)CCC(=O)Nc2ccccc2C(F)(F)F)cc1. The summed E-state index contributed by atoms with van der Waals surface area (Å²) in [6.45, 7) is 1.65. The minimum atomic E-state index is -4.62. The van der Waals surface area contributed by atoms with Crippen molar-refractivity contribution in [1.29, 1.82) is 0 Å². The number of nitrogens with one attached hydrogen (secondary N) is 1. The second-order valence-corrected chi connectivity index (χ2v) is 8.82. The fourth-order valence-corrected chi connectivity index (χ4v) is 4.01. The van der Waals surface area contributed by atoms with E-state index in [1.807, 2.05) is 0 Å². The summed E-state index contributed by atoms with van der Waals surface area (Å²) in [5, 5.41) is 2.15. The Kier molecular flexibility index (Phi) is 8.21. The second kappa shape index (κ2) is 10.4. The molecule has 6 nitrogen and oxygen atoms in total. The lowest BCUT2D eigenvalue weighted by atomic mass is 10.1. The Bertz CT molecular complexity index is 1020. The number of hydrogen-bond donors (Lipinski definition) is 1. The van der Waals surface area contributed by atoms with Gasteiger partial charge in [-0.25, -0.2) is 8.42 Å². The number of carbonyl (C=O) groups excluding carboxylic acids is 2. The molecule has 0 aromatic heterocycles. The summed E-state index contributed by atoms with van der Waals surface area (Å²) in [6.07, 6.45) is -4.78. The molecule has 2 aromatic carbocycles. The molecule has 31 heavy (non-hydrogen) atoms. The molecule has 0 aliphatic rings. The lowest BCUT2D eigenvalue weighted by molar-refractivity contribution is -0.146. The zero-order valence-electron chi connectivity index (χ0n) is 16.7. The third-order valence-corrected chi connectivity index (χ3v) is 6.15. The number of carbonyl (C=O) groups is 2. The molecule has 0 bridgehead atoms. The van der Waals surface area contributed by atoms with Crippen LogP contribution in [0.5, 0.6) is 0 Å². The van der Waals surface area contributed by atoms with E-state index in [-0.39, 0.29) is 35.8 Å². The summed E-state index contributed by atoms with van der Waals surface area (Å²) >= 11 is 0. The third kappa shape index (κ3) is 7.39. The van der Waals surface area contributed by atoms with Crippen LogP contribution in [0.25, 0.3) is 0 Å². The van der Waals surface area contributed by atoms with Gasteiger partial charge in [0.25, 0.3) is 0 Å². The fraction of sp³-hybridized carbons (Fsp3) is 0.333. The predicted molar refractivity (Wildman–Crippen MR) is 108 cm³/mol. The monoisotopic (exact) mass is 457 g/mol. The Labute approximate surface area is 178 Å². The summed E-state index contributed by atoms with van der Waals surface area (Å²) in [6, 6.07) is 10.5. The molecule has 0 saturated carbocycles. The van der Waals surface area contributed by atoms with Crippen LogP contribution in [0.3, 0.4) is 0 Å². The highest BCUT2D eigenvalue weighted by Crippen LogP contribution is 2.34. The Hall–Kier alpha value is -2.88. The van der Waals surface area contributed by atoms with Crippen LogP contribution in [-0.2, 0) is 36.9 Å². The van der Waals surface area contributed by atoms with Gasteiger partial charge in [0.15, 0.2) is 9.84 Å². The highest BCUT2D eigenvalue weighted by atomic mass is 32.2. The number of rotatable bonds is 9. The zero-order chi connectivity index (χ0) is 23.1. The van der Waals surface area contributed by atoms with Crippen molar-refractivity contribution in [3.63, 3.8) is 0 Å². The number of benzene rings is 2. The average Bonchev–Trinajstić information content (AvgIpc) is 2.70. The maximum absolute atomic E-state index is 12.9. The van der Waals surface area contributed by atoms with E-state index in [1.165, 1.54) is 36.4 Å². The van der Waals surface area contributed by atoms with Gasteiger partial charge >= 0.3 is 12.1 Å². The van der Waals surface area contributed by atoms with Crippen LogP contribution in [0.15, 0.2) is 53.4 Å². The van der Waals surface area contributed by atoms with Crippen LogP contribution >= 0.6 is 0 Å². The van der Waals surface area contributed by atoms with E-state index in [1.54, 1.807) is 6.92 Å². The van der Waals surface area contributed by atoms with Gasteiger partial charge in [-0.15, -0.1) is 0 Å². The van der Waals surface area contributed by atoms with Crippen LogP contribution in [0.4, 0.5) is 18.9 Å². The van der Waals surface area contributed by atoms with Gasteiger partial charge in [-0.2, -0.15) is 13.2 Å². The number of amides is 1. The number of halogens is 3. The zero-order valence-corrected chi connectivity index (χ0v) is 17.6. The van der Waals surface area contributed by atoms with Gasteiger partial charge in [-0.3, -0.25) is 9.59 Å². The molecule has 0 saturated heterocycles. The lowest BCUT2D eigenvalue weighted by Gasteiger charge is -2.13. The summed E-state index contributed by atoms with van der Waals surface area (Å²) in [5.41, 5.74) is -0.797. The Morgan fingerprint density at radius 2 is 1.65 bits per heavy atom. The third-order valence-electron chi connectivity index (χ3n) is 4.22. The van der Waals surface area contributed by atoms with Crippen LogP contribution in [-0.4, -0.2) is 26.0 Å². The van der Waals surface area contributed by atoms with Gasteiger partial charge in [0, 0.05) is 6.42 Å². The standard InChI is InChI=1S/C21H22F3NO5S/c1-2-13-31(28,29)16-9-7-15(8-10-16)14-30-20(27)12-11-19(26)25-18-6-4-3-5-17(18)21(22,23)24/h3-10H,2,11-14H2,1H3,(H,25,26). The number of esters is 1. The van der Waals surface area contributed by atoms with Gasteiger partial charge in [0.2, 0.25) is 5.91 Å². The van der Waals surface area contributed by atoms with E-state index in [0.717, 1.165) is 12.1 Å². The van der Waals surface area contributed by atoms with E-state index >= 15 is 0 Å². The van der Waals surface area contributed by atoms with Crippen molar-refractivity contribution in [3.05, 3.63) is 59.7 Å². The Morgan fingerprint density at radius 1 is 1.00 bits per heavy atom. The molecular weight excluding hydrogens is 435 g/mol. The maximum Gasteiger partial charge on any atom is 0.418 e. The van der Waals surface area contributed by atoms with Gasteiger partial charge in [-0.05, 0) is 36.2 Å². The van der Waals surface area contributed by atoms with Crippen LogP contribution < -0.4 is 5.32 Å². The number of anilines is 1. The molecule has 2 aromatic rings. The van der Waals surface area contributed by atoms with E-state index in [2.05, 4.69) is 5.32 Å². The van der Waals surface area contributed by atoms with Crippen molar-refractivity contribution >= 4 is 27.4 Å². The molecule has 0 radical (unpaired) electrons. The molecule has 1 N–H and O–H groups in total. The van der Waals surface area contributed by atoms with Gasteiger partial charge < -0.3 is 10.1 Å². The van der Waals surface area contributed by atoms with Gasteiger partial charge in [0.05, 0.1) is 28.3 Å². The fourth-order valence-electron chi connectivity index (χ4n) is 2.68. The van der Waals surface area contributed by atoms with Crippen molar-refractivity contribution in [3.8, 4) is 0 Å². The molecule has 1 amide bonds. The first-order valence-electron chi connectivity index (χ1n) is 9.46. The minimum absolute atomic E-state index is 0.0385. The Balaban J connectivity index is 1.83. The number of ether oxygens (including phenoxy) is 1. The molecule has 0 aliphatic carbocycles. The first-order valence-corrected chi connectivity index (χ1v) is 11.1. The largest absolute Gasteiger partial charge is 0.461 e. The smallest absolute Gasteiger partial charge is 0.418 e. The number of sulfone groups is 1. The van der Waals surface area contributed by atoms with Crippen LogP contribution in [0.1, 0.15) is 37.3 Å². The van der Waals surface area contributed by atoms with Crippen molar-refractivity contribution in [2.75, 3.05) is 11.1 Å². The molecule has 0 aliphatic heterocycles. The summed E-state index contributed by atoms with van der Waals surface area (Å²) in [4.78, 5) is 23.9. The molecule has 10 heteroatoms. The Morgan fingerprint density at radius 3 is 2.26 bits per heavy atom. The number of para-hydroxylation sites is 1. The molecular formula is C21H22F3NO5S. The van der Waals surface area contributed by atoms with Gasteiger partial charge in [-0.1, -0.05) is 31.2 Å². The first-order chi connectivity index (χ1) is 14.5. The van der Waals surface area contributed by atoms with E-state index in [4.69, 9.17) is 4.74 Å². The molecule has 0 heterocycles. The highest BCUT2D eigenvalue weighted by molar-refractivity contribution is 7.91. The van der Waals surface area contributed by atoms with Crippen molar-refractivity contribution in [2.45, 2.75) is 43.9 Å². The van der Waals surface area contributed by atoms with E-state index in [0.29, 0.717) is 12.0 Å². The number of hydrogen-bond acceptors (Lipinski definition) is 5. The average molecular weight is 457 g/mol. The number of alkyl halides is 3. The minimum Gasteiger partial charge on any atom is -0.461 e. The topological polar surface area (TPSA) is 89.5 Å². The van der Waals surface area contributed by atoms with Crippen molar-refractivity contribution < 1.29 is 35.9 Å². The highest BCUT2D eigenvalue weighted by Gasteiger charge is 2.33. The molecule has 0 spiro atoms. The first kappa shape index (κ1) is 24.4. The molecule has 0 atom stereocenters. The van der Waals surface area contributed by atoms with Crippen molar-refractivity contribution in [1.82, 2.24) is 0 Å². The summed E-state index contributed by atoms with van der Waals surface area (Å²) < 4.78 is 67.8. The summed E-state index contributed by atoms with van der Waals surface area (Å²) in [7, 11) is -3.34. The second-order valence-electron chi connectivity index (χ2n) is 6.72. The van der Waals surface area contributed by atoms with Gasteiger partial charge in [0.1, 0.15) is 6.61 Å². The van der Waals surface area contributed by atoms with Crippen LogP contribution in [0.2, 0.25) is 0 Å². The van der Waals surface area contributed by atoms with Crippen molar-refractivity contribution in [2.24, 2.45) is 0 Å². The molecule has 168 valence electrons. The normalized spacial score (nSPS) is 11.7. The predicted octanol–water partition coefficient (Wildman–Crippen LogP) is 4.35. The molecule has 0 unspecified atom stereocenters. The summed E-state index contributed by atoms with van der Waals surface area (Å²) in [5.74, 6) is -1.42. The quantitative estimate of drug-likeness (QED) is 0.566.